The van der Waals surface area contributed by atoms with Gasteiger partial charge in [0.2, 0.25) is 0 Å². The maximum atomic E-state index is 11.8. The maximum Gasteiger partial charge on any atom is 0.255 e. The number of aromatic nitrogens is 1. The Bertz CT molecular complexity index is 355. The van der Waals surface area contributed by atoms with Gasteiger partial charge in [-0.2, -0.15) is 0 Å². The van der Waals surface area contributed by atoms with Crippen LogP contribution >= 0.6 is 0 Å². The highest BCUT2D eigenvalue weighted by Crippen LogP contribution is 2.09. The second-order valence-electron chi connectivity index (χ2n) is 3.41. The first kappa shape index (κ1) is 12.4. The Hall–Kier alpha value is -1.62. The average molecular weight is 223 g/mol. The van der Waals surface area contributed by atoms with E-state index in [1.54, 1.807) is 32.5 Å². The van der Waals surface area contributed by atoms with Gasteiger partial charge < -0.3 is 15.4 Å². The Labute approximate surface area is 95.2 Å². The molecule has 1 atom stereocenters. The molecule has 5 heteroatoms. The highest BCUT2D eigenvalue weighted by atomic mass is 16.5. The summed E-state index contributed by atoms with van der Waals surface area (Å²) in [6.45, 7) is 2.37. The van der Waals surface area contributed by atoms with Gasteiger partial charge in [0, 0.05) is 26.9 Å². The molecule has 0 spiro atoms. The zero-order valence-electron chi connectivity index (χ0n) is 9.78. The molecular formula is C11H17N3O2. The molecule has 0 saturated carbocycles. The van der Waals surface area contributed by atoms with Crippen molar-refractivity contribution in [2.24, 2.45) is 0 Å². The molecule has 2 N–H and O–H groups in total. The summed E-state index contributed by atoms with van der Waals surface area (Å²) in [7, 11) is 3.34. The predicted octanol–water partition coefficient (Wildman–Crippen LogP) is 0.888. The third-order valence-corrected chi connectivity index (χ3v) is 2.24. The Balaban J connectivity index is 2.65. The Morgan fingerprint density at radius 1 is 1.62 bits per heavy atom. The summed E-state index contributed by atoms with van der Waals surface area (Å²) < 4.78 is 5.05. The minimum absolute atomic E-state index is 0.00124. The lowest BCUT2D eigenvalue weighted by molar-refractivity contribution is 0.0871. The molecule has 1 aromatic heterocycles. The molecule has 1 heterocycles. The number of rotatable bonds is 5. The van der Waals surface area contributed by atoms with Crippen LogP contribution < -0.4 is 10.6 Å². The molecule has 0 aliphatic rings. The fourth-order valence-corrected chi connectivity index (χ4v) is 1.20. The summed E-state index contributed by atoms with van der Waals surface area (Å²) in [6.07, 6.45) is 1.64. The van der Waals surface area contributed by atoms with E-state index >= 15 is 0 Å². The first-order valence-corrected chi connectivity index (χ1v) is 5.12. The Morgan fingerprint density at radius 3 is 3.00 bits per heavy atom. The monoisotopic (exact) mass is 223 g/mol. The first-order chi connectivity index (χ1) is 7.69. The van der Waals surface area contributed by atoms with Gasteiger partial charge in [-0.3, -0.25) is 4.79 Å². The molecule has 1 aromatic rings. The lowest BCUT2D eigenvalue weighted by Gasteiger charge is -2.12. The fraction of sp³-hybridized carbons (Fsp3) is 0.455. The highest BCUT2D eigenvalue weighted by Gasteiger charge is 2.11. The second kappa shape index (κ2) is 6.07. The van der Waals surface area contributed by atoms with Gasteiger partial charge in [-0.05, 0) is 19.1 Å². The van der Waals surface area contributed by atoms with Crippen LogP contribution in [0.3, 0.4) is 0 Å². The zero-order valence-corrected chi connectivity index (χ0v) is 9.78. The van der Waals surface area contributed by atoms with Crippen LogP contribution in [0.4, 0.5) is 5.82 Å². The smallest absolute Gasteiger partial charge is 0.255 e. The minimum Gasteiger partial charge on any atom is -0.380 e. The van der Waals surface area contributed by atoms with Crippen molar-refractivity contribution in [2.75, 3.05) is 26.0 Å². The molecule has 16 heavy (non-hydrogen) atoms. The third-order valence-electron chi connectivity index (χ3n) is 2.24. The zero-order chi connectivity index (χ0) is 12.0. The van der Waals surface area contributed by atoms with Crippen LogP contribution in [0, 0.1) is 0 Å². The average Bonchev–Trinajstić information content (AvgIpc) is 2.35. The number of carbonyl (C=O) groups excluding carboxylic acids is 1. The Morgan fingerprint density at radius 2 is 2.38 bits per heavy atom. The molecule has 1 amide bonds. The van der Waals surface area contributed by atoms with Crippen molar-refractivity contribution < 1.29 is 9.53 Å². The van der Waals surface area contributed by atoms with Crippen molar-refractivity contribution in [3.05, 3.63) is 23.9 Å². The van der Waals surface area contributed by atoms with Gasteiger partial charge in [-0.25, -0.2) is 4.98 Å². The van der Waals surface area contributed by atoms with E-state index in [0.29, 0.717) is 17.9 Å². The van der Waals surface area contributed by atoms with Crippen molar-refractivity contribution in [2.45, 2.75) is 13.0 Å². The Kier molecular flexibility index (Phi) is 4.72. The normalized spacial score (nSPS) is 11.9. The van der Waals surface area contributed by atoms with Crippen LogP contribution in [-0.2, 0) is 4.74 Å². The molecule has 5 nitrogen and oxygen atoms in total. The van der Waals surface area contributed by atoms with Crippen LogP contribution in [0.25, 0.3) is 0 Å². The van der Waals surface area contributed by atoms with Crippen LogP contribution in [0.1, 0.15) is 17.3 Å². The number of ether oxygens (including phenoxy) is 1. The molecule has 0 radical (unpaired) electrons. The van der Waals surface area contributed by atoms with E-state index in [4.69, 9.17) is 4.74 Å². The number of hydrogen-bond donors (Lipinski definition) is 2. The van der Waals surface area contributed by atoms with Gasteiger partial charge in [0.15, 0.2) is 0 Å². The number of carbonyl (C=O) groups is 1. The van der Waals surface area contributed by atoms with Gasteiger partial charge in [0.25, 0.3) is 5.91 Å². The number of pyridine rings is 1. The van der Waals surface area contributed by atoms with Crippen LogP contribution in [-0.4, -0.2) is 37.7 Å². The van der Waals surface area contributed by atoms with Gasteiger partial charge in [-0.1, -0.05) is 0 Å². The summed E-state index contributed by atoms with van der Waals surface area (Å²) in [5.41, 5.74) is 0.535. The summed E-state index contributed by atoms with van der Waals surface area (Å²) in [4.78, 5) is 15.9. The van der Waals surface area contributed by atoms with Crippen molar-refractivity contribution >= 4 is 11.7 Å². The topological polar surface area (TPSA) is 63.2 Å². The molecule has 1 unspecified atom stereocenters. The first-order valence-electron chi connectivity index (χ1n) is 5.12. The van der Waals surface area contributed by atoms with Gasteiger partial charge in [-0.15, -0.1) is 0 Å². The minimum atomic E-state index is -0.152. The molecule has 88 valence electrons. The summed E-state index contributed by atoms with van der Waals surface area (Å²) in [5, 5.41) is 5.66. The van der Waals surface area contributed by atoms with Crippen LogP contribution in [0.15, 0.2) is 18.3 Å². The van der Waals surface area contributed by atoms with Gasteiger partial charge in [0.1, 0.15) is 5.82 Å². The number of hydrogen-bond acceptors (Lipinski definition) is 4. The predicted molar refractivity (Wildman–Crippen MR) is 62.6 cm³/mol. The molecule has 0 fully saturated rings. The molecule has 0 bridgehead atoms. The van der Waals surface area contributed by atoms with Gasteiger partial charge in [0.05, 0.1) is 11.7 Å². The lowest BCUT2D eigenvalue weighted by Crippen LogP contribution is -2.32. The van der Waals surface area contributed by atoms with Crippen molar-refractivity contribution in [1.82, 2.24) is 10.3 Å². The van der Waals surface area contributed by atoms with E-state index in [1.807, 2.05) is 6.92 Å². The second-order valence-corrected chi connectivity index (χ2v) is 3.41. The van der Waals surface area contributed by atoms with Crippen molar-refractivity contribution in [3.8, 4) is 0 Å². The highest BCUT2D eigenvalue weighted by molar-refractivity contribution is 5.98. The third kappa shape index (κ3) is 3.20. The quantitative estimate of drug-likeness (QED) is 0.778. The van der Waals surface area contributed by atoms with E-state index in [9.17, 15) is 4.79 Å². The fourth-order valence-electron chi connectivity index (χ4n) is 1.20. The summed E-state index contributed by atoms with van der Waals surface area (Å²) >= 11 is 0. The van der Waals surface area contributed by atoms with Crippen molar-refractivity contribution in [1.29, 1.82) is 0 Å². The molecule has 0 aromatic carbocycles. The summed E-state index contributed by atoms with van der Waals surface area (Å²) in [5.74, 6) is 0.423. The molecule has 0 saturated heterocycles. The van der Waals surface area contributed by atoms with E-state index in [0.717, 1.165) is 0 Å². The lowest BCUT2D eigenvalue weighted by atomic mass is 10.2. The van der Waals surface area contributed by atoms with E-state index in [-0.39, 0.29) is 12.0 Å². The number of anilines is 1. The molecular weight excluding hydrogens is 206 g/mol. The van der Waals surface area contributed by atoms with Crippen LogP contribution in [0.2, 0.25) is 0 Å². The number of nitrogens with zero attached hydrogens (tertiary/aromatic N) is 1. The SMILES string of the molecule is CNc1ncccc1C(=O)NCC(C)OC. The number of methoxy groups -OCH3 is 1. The molecule has 0 aliphatic carbocycles. The maximum absolute atomic E-state index is 11.8. The molecule has 0 aliphatic heterocycles. The number of amides is 1. The van der Waals surface area contributed by atoms with Crippen molar-refractivity contribution in [3.63, 3.8) is 0 Å². The van der Waals surface area contributed by atoms with Crippen LogP contribution in [0.5, 0.6) is 0 Å². The van der Waals surface area contributed by atoms with Gasteiger partial charge >= 0.3 is 0 Å². The number of nitrogens with one attached hydrogen (secondary N) is 2. The molecule has 1 rings (SSSR count). The van der Waals surface area contributed by atoms with E-state index in [1.165, 1.54) is 0 Å². The van der Waals surface area contributed by atoms with E-state index < -0.39 is 0 Å². The van der Waals surface area contributed by atoms with E-state index in [2.05, 4.69) is 15.6 Å². The largest absolute Gasteiger partial charge is 0.380 e. The summed E-state index contributed by atoms with van der Waals surface area (Å²) in [6, 6.07) is 3.46. The standard InChI is InChI=1S/C11H17N3O2/c1-8(16-3)7-14-11(15)9-5-4-6-13-10(9)12-2/h4-6,8H,7H2,1-3H3,(H,12,13)(H,14,15).